The Morgan fingerprint density at radius 1 is 0.875 bits per heavy atom. The van der Waals surface area contributed by atoms with Crippen LogP contribution in [0, 0.1) is 11.3 Å². The van der Waals surface area contributed by atoms with E-state index in [9.17, 15) is 5.26 Å². The summed E-state index contributed by atoms with van der Waals surface area (Å²) in [5.41, 5.74) is 8.71. The maximum atomic E-state index is 9.45. The molecule has 0 saturated heterocycles. The van der Waals surface area contributed by atoms with Gasteiger partial charge in [-0.15, -0.1) is 0 Å². The first-order chi connectivity index (χ1) is 11.5. The minimum absolute atomic E-state index is 0.112. The molecule has 0 fully saturated rings. The lowest BCUT2D eigenvalue weighted by Crippen LogP contribution is -2.00. The molecule has 0 bridgehead atoms. The molecular weight excluding hydrogens is 365 g/mol. The van der Waals surface area contributed by atoms with Crippen molar-refractivity contribution >= 4 is 40.6 Å². The molecule has 1 aromatic heterocycles. The maximum Gasteiger partial charge on any atom is 0.142 e. The van der Waals surface area contributed by atoms with Crippen LogP contribution in [0.2, 0.25) is 15.1 Å². The van der Waals surface area contributed by atoms with Gasteiger partial charge in [0.15, 0.2) is 0 Å². The maximum absolute atomic E-state index is 9.45. The van der Waals surface area contributed by atoms with Gasteiger partial charge in [0.25, 0.3) is 0 Å². The van der Waals surface area contributed by atoms with Gasteiger partial charge in [-0.3, -0.25) is 0 Å². The zero-order valence-corrected chi connectivity index (χ0v) is 14.5. The summed E-state index contributed by atoms with van der Waals surface area (Å²) in [7, 11) is 0. The number of anilines is 1. The van der Waals surface area contributed by atoms with E-state index in [0.29, 0.717) is 37.5 Å². The molecule has 0 aliphatic carbocycles. The van der Waals surface area contributed by atoms with Crippen molar-refractivity contribution < 1.29 is 0 Å². The highest BCUT2D eigenvalue weighted by molar-refractivity contribution is 6.35. The monoisotopic (exact) mass is 373 g/mol. The fourth-order valence-electron chi connectivity index (χ4n) is 2.41. The molecule has 0 unspecified atom stereocenters. The molecule has 0 spiro atoms. The molecule has 3 rings (SSSR count). The van der Waals surface area contributed by atoms with Gasteiger partial charge in [-0.25, -0.2) is 4.98 Å². The highest BCUT2D eigenvalue weighted by Gasteiger charge is 2.16. The number of rotatable bonds is 2. The van der Waals surface area contributed by atoms with Crippen LogP contribution >= 0.6 is 34.8 Å². The lowest BCUT2D eigenvalue weighted by atomic mass is 9.98. The van der Waals surface area contributed by atoms with Gasteiger partial charge in [0.1, 0.15) is 17.5 Å². The Hall–Kier alpha value is -2.25. The quantitative estimate of drug-likeness (QED) is 0.614. The summed E-state index contributed by atoms with van der Waals surface area (Å²) in [5, 5.41) is 11.0. The number of halogens is 3. The third kappa shape index (κ3) is 3.05. The Morgan fingerprint density at radius 3 is 2.29 bits per heavy atom. The van der Waals surface area contributed by atoms with Crippen molar-refractivity contribution in [2.24, 2.45) is 0 Å². The second kappa shape index (κ2) is 6.70. The van der Waals surface area contributed by atoms with E-state index in [1.807, 2.05) is 18.2 Å². The van der Waals surface area contributed by atoms with Crippen LogP contribution in [0.1, 0.15) is 5.56 Å². The van der Waals surface area contributed by atoms with Crippen LogP contribution in [0.3, 0.4) is 0 Å². The number of benzene rings is 2. The Labute approximate surface area is 154 Å². The smallest absolute Gasteiger partial charge is 0.142 e. The van der Waals surface area contributed by atoms with E-state index in [1.54, 1.807) is 30.3 Å². The predicted octanol–water partition coefficient (Wildman–Crippen LogP) is 5.83. The zero-order valence-electron chi connectivity index (χ0n) is 12.2. The number of nitrogen functional groups attached to an aromatic ring is 1. The average molecular weight is 375 g/mol. The van der Waals surface area contributed by atoms with E-state index in [0.717, 1.165) is 0 Å². The van der Waals surface area contributed by atoms with Gasteiger partial charge in [-0.05, 0) is 30.3 Å². The molecule has 1 heterocycles. The van der Waals surface area contributed by atoms with Gasteiger partial charge in [0, 0.05) is 26.7 Å². The van der Waals surface area contributed by atoms with Crippen molar-refractivity contribution in [1.82, 2.24) is 4.98 Å². The van der Waals surface area contributed by atoms with E-state index in [1.165, 1.54) is 0 Å². The van der Waals surface area contributed by atoms with Gasteiger partial charge in [-0.1, -0.05) is 53.0 Å². The van der Waals surface area contributed by atoms with Crippen LogP contribution in [0.15, 0.2) is 48.5 Å². The largest absolute Gasteiger partial charge is 0.383 e. The van der Waals surface area contributed by atoms with E-state index < -0.39 is 0 Å². The van der Waals surface area contributed by atoms with Crippen molar-refractivity contribution in [2.75, 3.05) is 5.73 Å². The van der Waals surface area contributed by atoms with E-state index in [2.05, 4.69) is 11.1 Å². The number of hydrogen-bond acceptors (Lipinski definition) is 3. The van der Waals surface area contributed by atoms with Crippen molar-refractivity contribution in [3.63, 3.8) is 0 Å². The van der Waals surface area contributed by atoms with Gasteiger partial charge < -0.3 is 5.73 Å². The highest BCUT2D eigenvalue weighted by atomic mass is 35.5. The first-order valence-electron chi connectivity index (χ1n) is 6.92. The second-order valence-corrected chi connectivity index (χ2v) is 6.28. The third-order valence-electron chi connectivity index (χ3n) is 3.53. The molecule has 2 N–H and O–H groups in total. The summed E-state index contributed by atoms with van der Waals surface area (Å²) in [6.07, 6.45) is 0. The lowest BCUT2D eigenvalue weighted by Gasteiger charge is -2.12. The zero-order chi connectivity index (χ0) is 17.3. The molecule has 6 heteroatoms. The molecule has 0 radical (unpaired) electrons. The number of nitrogens with zero attached hydrogens (tertiary/aromatic N) is 2. The van der Waals surface area contributed by atoms with Crippen LogP contribution in [0.4, 0.5) is 5.82 Å². The van der Waals surface area contributed by atoms with Crippen molar-refractivity contribution in [3.05, 3.63) is 69.2 Å². The SMILES string of the molecule is N#Cc1c(-c2ccccc2Cl)cc(-c2cc(Cl)ccc2Cl)nc1N. The molecule has 0 aliphatic rings. The first-order valence-corrected chi connectivity index (χ1v) is 8.05. The fraction of sp³-hybridized carbons (Fsp3) is 0. The van der Waals surface area contributed by atoms with E-state index in [-0.39, 0.29) is 11.4 Å². The Bertz CT molecular complexity index is 978. The summed E-state index contributed by atoms with van der Waals surface area (Å²) in [6, 6.07) is 16.1. The van der Waals surface area contributed by atoms with E-state index in [4.69, 9.17) is 40.5 Å². The molecule has 3 nitrogen and oxygen atoms in total. The molecule has 0 saturated carbocycles. The Balaban J connectivity index is 2.31. The number of aromatic nitrogens is 1. The summed E-state index contributed by atoms with van der Waals surface area (Å²) in [6.45, 7) is 0. The second-order valence-electron chi connectivity index (χ2n) is 5.03. The van der Waals surface area contributed by atoms with Crippen LogP contribution in [-0.2, 0) is 0 Å². The van der Waals surface area contributed by atoms with Crippen LogP contribution in [0.5, 0.6) is 0 Å². The summed E-state index contributed by atoms with van der Waals surface area (Å²) < 4.78 is 0. The van der Waals surface area contributed by atoms with Crippen molar-refractivity contribution in [1.29, 1.82) is 5.26 Å². The summed E-state index contributed by atoms with van der Waals surface area (Å²) >= 11 is 18.6. The minimum atomic E-state index is 0.112. The van der Waals surface area contributed by atoms with Crippen LogP contribution in [-0.4, -0.2) is 4.98 Å². The molecule has 0 atom stereocenters. The molecule has 118 valence electrons. The summed E-state index contributed by atoms with van der Waals surface area (Å²) in [5.74, 6) is 0.112. The Morgan fingerprint density at radius 2 is 1.58 bits per heavy atom. The normalized spacial score (nSPS) is 10.4. The minimum Gasteiger partial charge on any atom is -0.383 e. The van der Waals surface area contributed by atoms with Crippen molar-refractivity contribution in [3.8, 4) is 28.5 Å². The predicted molar refractivity (Wildman–Crippen MR) is 99.3 cm³/mol. The Kier molecular flexibility index (Phi) is 4.64. The lowest BCUT2D eigenvalue weighted by molar-refractivity contribution is 1.31. The number of pyridine rings is 1. The fourth-order valence-corrected chi connectivity index (χ4v) is 3.03. The summed E-state index contributed by atoms with van der Waals surface area (Å²) in [4.78, 5) is 4.30. The molecule has 3 aromatic rings. The number of hydrogen-bond donors (Lipinski definition) is 1. The average Bonchev–Trinajstić information content (AvgIpc) is 2.57. The van der Waals surface area contributed by atoms with Gasteiger partial charge in [0.05, 0.1) is 10.7 Å². The molecule has 24 heavy (non-hydrogen) atoms. The molecule has 0 amide bonds. The molecule has 2 aromatic carbocycles. The van der Waals surface area contributed by atoms with Gasteiger partial charge in [-0.2, -0.15) is 5.26 Å². The third-order valence-corrected chi connectivity index (χ3v) is 4.42. The standard InChI is InChI=1S/C18H10Cl3N3/c19-10-5-6-16(21)13(7-10)17-8-12(14(9-22)18(23)24-17)11-3-1-2-4-15(11)20/h1-8H,(H2,23,24). The van der Waals surface area contributed by atoms with Crippen molar-refractivity contribution in [2.45, 2.75) is 0 Å². The van der Waals surface area contributed by atoms with Gasteiger partial charge >= 0.3 is 0 Å². The highest BCUT2D eigenvalue weighted by Crippen LogP contribution is 2.37. The van der Waals surface area contributed by atoms with E-state index >= 15 is 0 Å². The number of nitriles is 1. The topological polar surface area (TPSA) is 62.7 Å². The van der Waals surface area contributed by atoms with Crippen LogP contribution < -0.4 is 5.73 Å². The molecular formula is C18H10Cl3N3. The first kappa shape index (κ1) is 16.6. The molecule has 0 aliphatic heterocycles. The van der Waals surface area contributed by atoms with Gasteiger partial charge in [0.2, 0.25) is 0 Å². The number of nitrogens with two attached hydrogens (primary N) is 1. The van der Waals surface area contributed by atoms with Crippen LogP contribution in [0.25, 0.3) is 22.4 Å².